The number of hydrogen-bond acceptors (Lipinski definition) is 2. The van der Waals surface area contributed by atoms with E-state index in [1.807, 2.05) is 0 Å². The topological polar surface area (TPSA) is 32.3 Å². The molecule has 1 atom stereocenters. The minimum absolute atomic E-state index is 0.00694. The van der Waals surface area contributed by atoms with Gasteiger partial charge in [0.2, 0.25) is 5.91 Å². The first kappa shape index (κ1) is 7.10. The molecule has 2 rings (SSSR count). The van der Waals surface area contributed by atoms with E-state index in [9.17, 15) is 4.79 Å². The van der Waals surface area contributed by atoms with Crippen molar-refractivity contribution in [3.63, 3.8) is 0 Å². The molecule has 1 N–H and O–H groups in total. The molecule has 0 aromatic carbocycles. The zero-order valence-corrected chi connectivity index (χ0v) is 6.89. The average Bonchev–Trinajstić information content (AvgIpc) is 2.02. The fraction of sp³-hybridized carbons (Fsp3) is 0.875. The number of nitrogens with one attached hydrogen (secondary N) is 1. The van der Waals surface area contributed by atoms with Gasteiger partial charge in [0.15, 0.2) is 0 Å². The van der Waals surface area contributed by atoms with Crippen LogP contribution in [0, 0.1) is 5.41 Å². The minimum Gasteiger partial charge on any atom is -0.354 e. The van der Waals surface area contributed by atoms with Gasteiger partial charge in [-0.05, 0) is 26.4 Å². The molecule has 2 aliphatic rings. The van der Waals surface area contributed by atoms with Crippen molar-refractivity contribution in [1.82, 2.24) is 10.2 Å². The molecule has 62 valence electrons. The van der Waals surface area contributed by atoms with Crippen LogP contribution in [-0.2, 0) is 4.79 Å². The highest BCUT2D eigenvalue weighted by molar-refractivity contribution is 5.89. The Morgan fingerprint density at radius 1 is 1.64 bits per heavy atom. The van der Waals surface area contributed by atoms with Gasteiger partial charge in [0.1, 0.15) is 0 Å². The van der Waals surface area contributed by atoms with Crippen molar-refractivity contribution in [3.05, 3.63) is 0 Å². The third-order valence-corrected chi connectivity index (χ3v) is 2.84. The molecule has 0 unspecified atom stereocenters. The Hall–Kier alpha value is -0.570. The van der Waals surface area contributed by atoms with Crippen molar-refractivity contribution >= 4 is 5.91 Å². The van der Waals surface area contributed by atoms with E-state index in [4.69, 9.17) is 0 Å². The third kappa shape index (κ3) is 0.948. The number of likely N-dealkylation sites (tertiary alicyclic amines) is 1. The molecule has 0 saturated carbocycles. The fourth-order valence-corrected chi connectivity index (χ4v) is 2.10. The summed E-state index contributed by atoms with van der Waals surface area (Å²) in [6, 6.07) is 0. The summed E-state index contributed by atoms with van der Waals surface area (Å²) in [5.41, 5.74) is 0.00694. The van der Waals surface area contributed by atoms with Crippen molar-refractivity contribution < 1.29 is 4.79 Å². The van der Waals surface area contributed by atoms with Gasteiger partial charge in [-0.15, -0.1) is 0 Å². The number of nitrogens with zero attached hydrogens (tertiary/aromatic N) is 1. The van der Waals surface area contributed by atoms with Crippen molar-refractivity contribution in [2.45, 2.75) is 12.8 Å². The monoisotopic (exact) mass is 154 g/mol. The SMILES string of the molecule is CN1CCC[C@@]2(CNC2=O)C1. The molecule has 11 heavy (non-hydrogen) atoms. The summed E-state index contributed by atoms with van der Waals surface area (Å²) in [4.78, 5) is 13.5. The predicted molar refractivity (Wildman–Crippen MR) is 42.2 cm³/mol. The molecule has 0 radical (unpaired) electrons. The van der Waals surface area contributed by atoms with Gasteiger partial charge >= 0.3 is 0 Å². The Labute approximate surface area is 66.8 Å². The van der Waals surface area contributed by atoms with Crippen LogP contribution in [0.2, 0.25) is 0 Å². The summed E-state index contributed by atoms with van der Waals surface area (Å²) >= 11 is 0. The zero-order valence-electron chi connectivity index (χ0n) is 6.89. The first-order chi connectivity index (χ1) is 5.23. The number of rotatable bonds is 0. The molecule has 3 heteroatoms. The number of piperidine rings is 1. The Bertz CT molecular complexity index is 193. The summed E-state index contributed by atoms with van der Waals surface area (Å²) < 4.78 is 0. The molecule has 2 saturated heterocycles. The van der Waals surface area contributed by atoms with Crippen LogP contribution in [0.5, 0.6) is 0 Å². The van der Waals surface area contributed by atoms with Crippen LogP contribution in [0.1, 0.15) is 12.8 Å². The van der Waals surface area contributed by atoms with Crippen molar-refractivity contribution in [2.24, 2.45) is 5.41 Å². The van der Waals surface area contributed by atoms with E-state index in [0.29, 0.717) is 0 Å². The molecule has 1 spiro atoms. The van der Waals surface area contributed by atoms with E-state index < -0.39 is 0 Å². The third-order valence-electron chi connectivity index (χ3n) is 2.84. The molecule has 2 fully saturated rings. The second-order valence-electron chi connectivity index (χ2n) is 3.80. The van der Waals surface area contributed by atoms with Gasteiger partial charge in [0.25, 0.3) is 0 Å². The number of carbonyl (C=O) groups is 1. The predicted octanol–water partition coefficient (Wildman–Crippen LogP) is -0.172. The maximum atomic E-state index is 11.2. The number of hydrogen-bond donors (Lipinski definition) is 1. The van der Waals surface area contributed by atoms with Crippen molar-refractivity contribution in [3.8, 4) is 0 Å². The van der Waals surface area contributed by atoms with Gasteiger partial charge in [-0.1, -0.05) is 0 Å². The van der Waals surface area contributed by atoms with Crippen LogP contribution in [-0.4, -0.2) is 37.5 Å². The summed E-state index contributed by atoms with van der Waals surface area (Å²) in [5.74, 6) is 0.268. The van der Waals surface area contributed by atoms with Crippen LogP contribution >= 0.6 is 0 Å². The number of β-lactam (4-membered cyclic amide) rings is 1. The normalized spacial score (nSPS) is 38.5. The Kier molecular flexibility index (Phi) is 1.42. The second-order valence-corrected chi connectivity index (χ2v) is 3.80. The molecular formula is C8H14N2O. The van der Waals surface area contributed by atoms with E-state index in [1.165, 1.54) is 6.42 Å². The Morgan fingerprint density at radius 2 is 2.45 bits per heavy atom. The number of amides is 1. The molecule has 1 amide bonds. The first-order valence-corrected chi connectivity index (χ1v) is 4.20. The van der Waals surface area contributed by atoms with E-state index in [2.05, 4.69) is 17.3 Å². The highest BCUT2D eigenvalue weighted by Gasteiger charge is 2.47. The van der Waals surface area contributed by atoms with Crippen LogP contribution in [0.3, 0.4) is 0 Å². The zero-order chi connectivity index (χ0) is 7.90. The quantitative estimate of drug-likeness (QED) is 0.491. The van der Waals surface area contributed by atoms with Crippen LogP contribution in [0.15, 0.2) is 0 Å². The molecule has 2 aliphatic heterocycles. The van der Waals surface area contributed by atoms with E-state index in [1.54, 1.807) is 0 Å². The summed E-state index contributed by atoms with van der Waals surface area (Å²) in [6.07, 6.45) is 2.26. The fourth-order valence-electron chi connectivity index (χ4n) is 2.10. The maximum Gasteiger partial charge on any atom is 0.229 e. The molecule has 0 bridgehead atoms. The Balaban J connectivity index is 2.07. The first-order valence-electron chi connectivity index (χ1n) is 4.20. The van der Waals surface area contributed by atoms with Crippen molar-refractivity contribution in [1.29, 1.82) is 0 Å². The van der Waals surface area contributed by atoms with Crippen molar-refractivity contribution in [2.75, 3.05) is 26.7 Å². The average molecular weight is 154 g/mol. The maximum absolute atomic E-state index is 11.2. The smallest absolute Gasteiger partial charge is 0.229 e. The lowest BCUT2D eigenvalue weighted by Crippen LogP contribution is -2.64. The summed E-state index contributed by atoms with van der Waals surface area (Å²) in [6.45, 7) is 3.00. The lowest BCUT2D eigenvalue weighted by Gasteiger charge is -2.46. The van der Waals surface area contributed by atoms with Crippen LogP contribution in [0.4, 0.5) is 0 Å². The van der Waals surface area contributed by atoms with Gasteiger partial charge in [0, 0.05) is 13.1 Å². The van der Waals surface area contributed by atoms with E-state index >= 15 is 0 Å². The second kappa shape index (κ2) is 2.21. The summed E-state index contributed by atoms with van der Waals surface area (Å²) in [5, 5.41) is 2.82. The lowest BCUT2D eigenvalue weighted by atomic mass is 9.74. The van der Waals surface area contributed by atoms with E-state index in [0.717, 1.165) is 26.1 Å². The highest BCUT2D eigenvalue weighted by Crippen LogP contribution is 2.33. The highest BCUT2D eigenvalue weighted by atomic mass is 16.2. The Morgan fingerprint density at radius 3 is 2.82 bits per heavy atom. The molecular weight excluding hydrogens is 140 g/mol. The molecule has 0 aromatic heterocycles. The largest absolute Gasteiger partial charge is 0.354 e. The minimum atomic E-state index is 0.00694. The molecule has 0 aromatic rings. The molecule has 2 heterocycles. The lowest BCUT2D eigenvalue weighted by molar-refractivity contribution is -0.144. The van der Waals surface area contributed by atoms with Crippen LogP contribution < -0.4 is 5.32 Å². The van der Waals surface area contributed by atoms with Gasteiger partial charge in [-0.2, -0.15) is 0 Å². The standard InChI is InChI=1S/C8H14N2O/c1-10-4-2-3-8(6-10)5-9-7(8)11/h2-6H2,1H3,(H,9,11)/t8-/m1/s1. The van der Waals surface area contributed by atoms with E-state index in [-0.39, 0.29) is 11.3 Å². The number of carbonyl (C=O) groups excluding carboxylic acids is 1. The van der Waals surface area contributed by atoms with Gasteiger partial charge in [0.05, 0.1) is 5.41 Å². The molecule has 3 nitrogen and oxygen atoms in total. The molecule has 0 aliphatic carbocycles. The van der Waals surface area contributed by atoms with Gasteiger partial charge in [-0.3, -0.25) is 4.79 Å². The van der Waals surface area contributed by atoms with Gasteiger partial charge < -0.3 is 10.2 Å². The summed E-state index contributed by atoms with van der Waals surface area (Å²) in [7, 11) is 2.09. The van der Waals surface area contributed by atoms with Gasteiger partial charge in [-0.25, -0.2) is 0 Å². The van der Waals surface area contributed by atoms with Crippen LogP contribution in [0.25, 0.3) is 0 Å².